The number of hydrogen-bond donors (Lipinski definition) is 1. The maximum atomic E-state index is 10.8. The summed E-state index contributed by atoms with van der Waals surface area (Å²) >= 11 is 0. The Kier molecular flexibility index (Phi) is 4.49. The number of aromatic amines is 1. The lowest BCUT2D eigenvalue weighted by molar-refractivity contribution is -0.409. The van der Waals surface area contributed by atoms with Crippen molar-refractivity contribution in [2.24, 2.45) is 0 Å². The van der Waals surface area contributed by atoms with Crippen molar-refractivity contribution in [3.63, 3.8) is 0 Å². The fourth-order valence-electron chi connectivity index (χ4n) is 1.77. The van der Waals surface area contributed by atoms with Gasteiger partial charge in [-0.25, -0.2) is 4.98 Å². The molecule has 104 valence electrons. The summed E-state index contributed by atoms with van der Waals surface area (Å²) in [5, 5.41) is 13.8. The molecule has 0 radical (unpaired) electrons. The number of benzene rings is 1. The van der Waals surface area contributed by atoms with Crippen molar-refractivity contribution in [1.29, 1.82) is 0 Å². The molecular formula is C14H16N3O3+. The third-order valence-corrected chi connectivity index (χ3v) is 2.69. The third-order valence-electron chi connectivity index (χ3n) is 2.69. The van der Waals surface area contributed by atoms with Gasteiger partial charge in [0.25, 0.3) is 0 Å². The normalized spacial score (nSPS) is 10.1. The molecule has 6 nitrogen and oxygen atoms in total. The Balaban J connectivity index is 1.86. The molecule has 0 aliphatic carbocycles. The number of aromatic nitrogens is 1. The summed E-state index contributed by atoms with van der Waals surface area (Å²) in [5.41, 5.74) is 1.14. The van der Waals surface area contributed by atoms with E-state index in [1.165, 1.54) is 6.07 Å². The maximum Gasteiger partial charge on any atom is 0.357 e. The highest BCUT2D eigenvalue weighted by Crippen LogP contribution is 2.17. The standard InChI is InChI=1S/C14H15N3O3/c1-11-4-2-5-12(10-11)20-9-8-16-14-13(17(18)19)6-3-7-15-14/h2-7,10H,8-9H2,1H3,(H,15,16)/p+1. The van der Waals surface area contributed by atoms with E-state index in [1.54, 1.807) is 12.3 Å². The fourth-order valence-corrected chi connectivity index (χ4v) is 1.77. The number of aryl methyl sites for hydroxylation is 1. The highest BCUT2D eigenvalue weighted by Gasteiger charge is 2.18. The molecule has 2 rings (SSSR count). The Labute approximate surface area is 116 Å². The summed E-state index contributed by atoms with van der Waals surface area (Å²) in [7, 11) is 0. The maximum absolute atomic E-state index is 10.8. The van der Waals surface area contributed by atoms with E-state index >= 15 is 0 Å². The second-order valence-corrected chi connectivity index (χ2v) is 4.28. The molecule has 2 N–H and O–H groups in total. The number of hydrogen-bond acceptors (Lipinski definition) is 4. The van der Waals surface area contributed by atoms with Crippen LogP contribution in [-0.2, 0) is 0 Å². The summed E-state index contributed by atoms with van der Waals surface area (Å²) in [6, 6.07) is 10.8. The number of nitrogens with zero attached hydrogens (tertiary/aromatic N) is 1. The quantitative estimate of drug-likeness (QED) is 0.497. The van der Waals surface area contributed by atoms with Crippen LogP contribution >= 0.6 is 0 Å². The zero-order chi connectivity index (χ0) is 14.4. The Morgan fingerprint density at radius 2 is 2.20 bits per heavy atom. The average molecular weight is 274 g/mol. The van der Waals surface area contributed by atoms with E-state index in [-0.39, 0.29) is 5.69 Å². The van der Waals surface area contributed by atoms with Crippen molar-refractivity contribution in [2.45, 2.75) is 6.92 Å². The molecule has 0 unspecified atom stereocenters. The van der Waals surface area contributed by atoms with Gasteiger partial charge in [-0.3, -0.25) is 15.4 Å². The van der Waals surface area contributed by atoms with Gasteiger partial charge in [-0.05, 0) is 30.7 Å². The molecule has 6 heteroatoms. The Bertz CT molecular complexity index is 602. The first kappa shape index (κ1) is 13.8. The Morgan fingerprint density at radius 1 is 1.35 bits per heavy atom. The van der Waals surface area contributed by atoms with Gasteiger partial charge >= 0.3 is 11.5 Å². The first-order valence-corrected chi connectivity index (χ1v) is 6.25. The molecule has 0 amide bonds. The minimum Gasteiger partial charge on any atom is -0.490 e. The van der Waals surface area contributed by atoms with Gasteiger partial charge in [0.05, 0.1) is 11.1 Å². The van der Waals surface area contributed by atoms with Crippen molar-refractivity contribution in [3.8, 4) is 5.75 Å². The van der Waals surface area contributed by atoms with Crippen LogP contribution in [0.1, 0.15) is 5.56 Å². The van der Waals surface area contributed by atoms with Crippen LogP contribution in [0.4, 0.5) is 11.5 Å². The van der Waals surface area contributed by atoms with Gasteiger partial charge in [0.1, 0.15) is 18.9 Å². The van der Waals surface area contributed by atoms with E-state index in [0.29, 0.717) is 19.0 Å². The van der Waals surface area contributed by atoms with E-state index in [9.17, 15) is 10.1 Å². The molecule has 1 aromatic carbocycles. The van der Waals surface area contributed by atoms with Crippen LogP contribution < -0.4 is 15.0 Å². The summed E-state index contributed by atoms with van der Waals surface area (Å²) in [6.07, 6.45) is 1.64. The Hall–Kier alpha value is -2.63. The minimum atomic E-state index is -0.430. The van der Waals surface area contributed by atoms with Gasteiger partial charge in [-0.2, -0.15) is 0 Å². The highest BCUT2D eigenvalue weighted by molar-refractivity contribution is 5.50. The zero-order valence-corrected chi connectivity index (χ0v) is 11.1. The Morgan fingerprint density at radius 3 is 2.95 bits per heavy atom. The molecule has 0 aliphatic rings. The SMILES string of the molecule is Cc1cccc(OCCNc2[nH+]cccc2[N+](=O)[O-])c1. The molecular weight excluding hydrogens is 258 g/mol. The van der Waals surface area contributed by atoms with Crippen molar-refractivity contribution in [3.05, 3.63) is 58.3 Å². The summed E-state index contributed by atoms with van der Waals surface area (Å²) < 4.78 is 5.56. The van der Waals surface area contributed by atoms with E-state index < -0.39 is 4.92 Å². The van der Waals surface area contributed by atoms with Crippen LogP contribution in [-0.4, -0.2) is 18.1 Å². The van der Waals surface area contributed by atoms with E-state index in [2.05, 4.69) is 10.3 Å². The molecule has 1 heterocycles. The number of pyridine rings is 1. The number of anilines is 1. The van der Waals surface area contributed by atoms with E-state index in [4.69, 9.17) is 4.74 Å². The van der Waals surface area contributed by atoms with Crippen molar-refractivity contribution < 1.29 is 14.6 Å². The molecule has 0 bridgehead atoms. The number of ether oxygens (including phenoxy) is 1. The summed E-state index contributed by atoms with van der Waals surface area (Å²) in [5.74, 6) is 1.17. The van der Waals surface area contributed by atoms with Crippen LogP contribution in [0.25, 0.3) is 0 Å². The molecule has 0 saturated heterocycles. The van der Waals surface area contributed by atoms with Crippen molar-refractivity contribution in [2.75, 3.05) is 18.5 Å². The zero-order valence-electron chi connectivity index (χ0n) is 11.1. The molecule has 0 saturated carbocycles. The monoisotopic (exact) mass is 274 g/mol. The second kappa shape index (κ2) is 6.51. The van der Waals surface area contributed by atoms with E-state index in [0.717, 1.165) is 11.3 Å². The number of nitrogens with one attached hydrogen (secondary N) is 2. The van der Waals surface area contributed by atoms with Crippen LogP contribution in [0.15, 0.2) is 42.6 Å². The number of nitro groups is 1. The first-order chi connectivity index (χ1) is 9.66. The number of H-pyrrole nitrogens is 1. The van der Waals surface area contributed by atoms with Crippen molar-refractivity contribution in [1.82, 2.24) is 0 Å². The molecule has 2 aromatic rings. The van der Waals surface area contributed by atoms with Crippen LogP contribution in [0, 0.1) is 17.0 Å². The first-order valence-electron chi connectivity index (χ1n) is 6.25. The summed E-state index contributed by atoms with van der Waals surface area (Å²) in [6.45, 7) is 2.88. The second-order valence-electron chi connectivity index (χ2n) is 4.28. The lowest BCUT2D eigenvalue weighted by Crippen LogP contribution is -2.19. The molecule has 20 heavy (non-hydrogen) atoms. The van der Waals surface area contributed by atoms with E-state index in [1.807, 2.05) is 31.2 Å². The predicted octanol–water partition coefficient (Wildman–Crippen LogP) is 2.21. The smallest absolute Gasteiger partial charge is 0.357 e. The molecule has 0 fully saturated rings. The van der Waals surface area contributed by atoms with Crippen LogP contribution in [0.2, 0.25) is 0 Å². The van der Waals surface area contributed by atoms with Gasteiger partial charge in [0, 0.05) is 6.07 Å². The van der Waals surface area contributed by atoms with Crippen LogP contribution in [0.5, 0.6) is 5.75 Å². The average Bonchev–Trinajstić information content (AvgIpc) is 2.44. The molecule has 0 aliphatic heterocycles. The molecule has 0 spiro atoms. The minimum absolute atomic E-state index is 0.0167. The lowest BCUT2D eigenvalue weighted by atomic mass is 10.2. The van der Waals surface area contributed by atoms with Gasteiger partial charge in [-0.15, -0.1) is 0 Å². The number of rotatable bonds is 6. The van der Waals surface area contributed by atoms with Gasteiger partial charge in [-0.1, -0.05) is 12.1 Å². The van der Waals surface area contributed by atoms with Crippen LogP contribution in [0.3, 0.4) is 0 Å². The van der Waals surface area contributed by atoms with Gasteiger partial charge in [0.15, 0.2) is 0 Å². The van der Waals surface area contributed by atoms with Gasteiger partial charge in [0.2, 0.25) is 0 Å². The summed E-state index contributed by atoms with van der Waals surface area (Å²) in [4.78, 5) is 13.2. The largest absolute Gasteiger partial charge is 0.490 e. The predicted molar refractivity (Wildman–Crippen MR) is 74.8 cm³/mol. The highest BCUT2D eigenvalue weighted by atomic mass is 16.6. The third kappa shape index (κ3) is 3.68. The molecule has 1 aromatic heterocycles. The molecule has 0 atom stereocenters. The topological polar surface area (TPSA) is 78.5 Å². The lowest BCUT2D eigenvalue weighted by Gasteiger charge is -2.05. The van der Waals surface area contributed by atoms with Gasteiger partial charge < -0.3 is 4.74 Å². The van der Waals surface area contributed by atoms with Crippen molar-refractivity contribution >= 4 is 11.5 Å². The fraction of sp³-hybridized carbons (Fsp3) is 0.214.